The molecule has 0 bridgehead atoms. The monoisotopic (exact) mass is 245 g/mol. The SMILES string of the molecule is CCOC(=O)CC(C)NCC(F)(F)C(F)F. The van der Waals surface area contributed by atoms with Crippen molar-refractivity contribution in [2.75, 3.05) is 13.2 Å². The Morgan fingerprint density at radius 1 is 1.44 bits per heavy atom. The first kappa shape index (κ1) is 15.2. The van der Waals surface area contributed by atoms with Crippen LogP contribution in [-0.4, -0.2) is 37.5 Å². The molecule has 0 aliphatic rings. The molecule has 1 unspecified atom stereocenters. The van der Waals surface area contributed by atoms with Gasteiger partial charge in [-0.2, -0.15) is 8.78 Å². The van der Waals surface area contributed by atoms with Crippen LogP contribution in [0.4, 0.5) is 17.6 Å². The van der Waals surface area contributed by atoms with Gasteiger partial charge >= 0.3 is 18.3 Å². The van der Waals surface area contributed by atoms with Gasteiger partial charge in [-0.1, -0.05) is 0 Å². The smallest absolute Gasteiger partial charge is 0.319 e. The molecule has 0 aromatic heterocycles. The molecule has 1 atom stereocenters. The van der Waals surface area contributed by atoms with Crippen LogP contribution in [0.25, 0.3) is 0 Å². The van der Waals surface area contributed by atoms with Gasteiger partial charge in [0.2, 0.25) is 0 Å². The Balaban J connectivity index is 3.89. The van der Waals surface area contributed by atoms with E-state index in [1.54, 1.807) is 6.92 Å². The number of nitrogens with one attached hydrogen (secondary N) is 1. The molecule has 1 N–H and O–H groups in total. The predicted octanol–water partition coefficient (Wildman–Crippen LogP) is 1.82. The number of carbonyl (C=O) groups excluding carboxylic acids is 1. The van der Waals surface area contributed by atoms with E-state index in [9.17, 15) is 22.4 Å². The molecule has 0 saturated heterocycles. The van der Waals surface area contributed by atoms with E-state index in [2.05, 4.69) is 10.1 Å². The van der Waals surface area contributed by atoms with E-state index in [1.807, 2.05) is 0 Å². The number of ether oxygens (including phenoxy) is 1. The molecule has 0 saturated carbocycles. The second-order valence-electron chi connectivity index (χ2n) is 3.35. The van der Waals surface area contributed by atoms with Crippen LogP contribution in [0.2, 0.25) is 0 Å². The zero-order chi connectivity index (χ0) is 12.8. The summed E-state index contributed by atoms with van der Waals surface area (Å²) in [6, 6.07) is -0.635. The lowest BCUT2D eigenvalue weighted by Crippen LogP contribution is -2.43. The van der Waals surface area contributed by atoms with Gasteiger partial charge < -0.3 is 10.1 Å². The van der Waals surface area contributed by atoms with Gasteiger partial charge in [0.05, 0.1) is 19.6 Å². The maximum atomic E-state index is 12.5. The zero-order valence-electron chi connectivity index (χ0n) is 9.10. The second-order valence-corrected chi connectivity index (χ2v) is 3.35. The maximum Gasteiger partial charge on any atom is 0.319 e. The van der Waals surface area contributed by atoms with Crippen LogP contribution in [0, 0.1) is 0 Å². The molecule has 7 heteroatoms. The lowest BCUT2D eigenvalue weighted by molar-refractivity contribution is -0.144. The fourth-order valence-corrected chi connectivity index (χ4v) is 0.930. The number of esters is 1. The minimum absolute atomic E-state index is 0.132. The van der Waals surface area contributed by atoms with E-state index >= 15 is 0 Å². The van der Waals surface area contributed by atoms with Crippen molar-refractivity contribution in [1.29, 1.82) is 0 Å². The van der Waals surface area contributed by atoms with E-state index in [-0.39, 0.29) is 13.0 Å². The minimum Gasteiger partial charge on any atom is -0.466 e. The first-order valence-corrected chi connectivity index (χ1v) is 4.84. The molecule has 0 aliphatic carbocycles. The Kier molecular flexibility index (Phi) is 6.32. The number of rotatable bonds is 7. The van der Waals surface area contributed by atoms with Crippen LogP contribution in [0.3, 0.4) is 0 Å². The van der Waals surface area contributed by atoms with Gasteiger partial charge in [0.15, 0.2) is 0 Å². The van der Waals surface area contributed by atoms with E-state index in [1.165, 1.54) is 6.92 Å². The Morgan fingerprint density at radius 2 is 2.00 bits per heavy atom. The van der Waals surface area contributed by atoms with Gasteiger partial charge in [-0.25, -0.2) is 8.78 Å². The van der Waals surface area contributed by atoms with Gasteiger partial charge in [0.1, 0.15) is 0 Å². The van der Waals surface area contributed by atoms with Gasteiger partial charge in [-0.15, -0.1) is 0 Å². The molecular formula is C9H15F4NO2. The van der Waals surface area contributed by atoms with Crippen molar-refractivity contribution in [2.45, 2.75) is 38.7 Å². The Bertz CT molecular complexity index is 224. The van der Waals surface area contributed by atoms with Crippen LogP contribution in [0.15, 0.2) is 0 Å². The summed E-state index contributed by atoms with van der Waals surface area (Å²) < 4.78 is 53.0. The highest BCUT2D eigenvalue weighted by atomic mass is 19.3. The van der Waals surface area contributed by atoms with Crippen LogP contribution in [0.5, 0.6) is 0 Å². The molecule has 0 spiro atoms. The fourth-order valence-electron chi connectivity index (χ4n) is 0.930. The van der Waals surface area contributed by atoms with Crippen LogP contribution >= 0.6 is 0 Å². The molecule has 0 aromatic carbocycles. The van der Waals surface area contributed by atoms with Crippen LogP contribution < -0.4 is 5.32 Å². The van der Waals surface area contributed by atoms with Crippen molar-refractivity contribution in [1.82, 2.24) is 5.32 Å². The minimum atomic E-state index is -4.08. The third-order valence-electron chi connectivity index (χ3n) is 1.78. The standard InChI is InChI=1S/C9H15F4NO2/c1-3-16-7(15)4-6(2)14-5-9(12,13)8(10)11/h6,8,14H,3-5H2,1-2H3. The first-order chi connectivity index (χ1) is 7.29. The molecule has 96 valence electrons. The summed E-state index contributed by atoms with van der Waals surface area (Å²) in [5, 5.41) is 2.16. The summed E-state index contributed by atoms with van der Waals surface area (Å²) in [4.78, 5) is 10.9. The topological polar surface area (TPSA) is 38.3 Å². The Labute approximate surface area is 91.1 Å². The molecule has 0 rings (SSSR count). The summed E-state index contributed by atoms with van der Waals surface area (Å²) in [7, 11) is 0. The Hall–Kier alpha value is -0.850. The molecule has 3 nitrogen and oxygen atoms in total. The molecule has 0 radical (unpaired) electrons. The highest BCUT2D eigenvalue weighted by Crippen LogP contribution is 2.21. The summed E-state index contributed by atoms with van der Waals surface area (Å²) in [6.07, 6.45) is -3.84. The third-order valence-corrected chi connectivity index (χ3v) is 1.78. The summed E-state index contributed by atoms with van der Waals surface area (Å²) >= 11 is 0. The molecule has 0 amide bonds. The molecule has 0 aromatic rings. The molecule has 0 heterocycles. The molecular weight excluding hydrogens is 230 g/mol. The van der Waals surface area contributed by atoms with E-state index in [0.29, 0.717) is 0 Å². The quantitative estimate of drug-likeness (QED) is 0.549. The number of hydrogen-bond acceptors (Lipinski definition) is 3. The average molecular weight is 245 g/mol. The Morgan fingerprint density at radius 3 is 2.44 bits per heavy atom. The summed E-state index contributed by atoms with van der Waals surface area (Å²) in [5.41, 5.74) is 0. The lowest BCUT2D eigenvalue weighted by Gasteiger charge is -2.19. The van der Waals surface area contributed by atoms with Gasteiger partial charge in [-0.3, -0.25) is 4.79 Å². The van der Waals surface area contributed by atoms with E-state index < -0.39 is 30.9 Å². The number of carbonyl (C=O) groups is 1. The third kappa shape index (κ3) is 5.89. The van der Waals surface area contributed by atoms with Crippen LogP contribution in [0.1, 0.15) is 20.3 Å². The van der Waals surface area contributed by atoms with Crippen LogP contribution in [-0.2, 0) is 9.53 Å². The average Bonchev–Trinajstić information content (AvgIpc) is 2.15. The second kappa shape index (κ2) is 6.67. The molecule has 0 aliphatic heterocycles. The van der Waals surface area contributed by atoms with Crippen molar-refractivity contribution in [2.24, 2.45) is 0 Å². The van der Waals surface area contributed by atoms with Crippen molar-refractivity contribution in [3.05, 3.63) is 0 Å². The van der Waals surface area contributed by atoms with Crippen molar-refractivity contribution >= 4 is 5.97 Å². The van der Waals surface area contributed by atoms with Gasteiger partial charge in [0.25, 0.3) is 0 Å². The molecule has 16 heavy (non-hydrogen) atoms. The molecule has 0 fully saturated rings. The number of hydrogen-bond donors (Lipinski definition) is 1. The van der Waals surface area contributed by atoms with Crippen molar-refractivity contribution in [3.63, 3.8) is 0 Å². The number of alkyl halides is 4. The number of halogens is 4. The first-order valence-electron chi connectivity index (χ1n) is 4.84. The summed E-state index contributed by atoms with van der Waals surface area (Å²) in [6.45, 7) is 2.09. The fraction of sp³-hybridized carbons (Fsp3) is 0.889. The largest absolute Gasteiger partial charge is 0.466 e. The zero-order valence-corrected chi connectivity index (χ0v) is 9.10. The van der Waals surface area contributed by atoms with Gasteiger partial charge in [-0.05, 0) is 13.8 Å². The lowest BCUT2D eigenvalue weighted by atomic mass is 10.2. The highest BCUT2D eigenvalue weighted by molar-refractivity contribution is 5.69. The van der Waals surface area contributed by atoms with Gasteiger partial charge in [0, 0.05) is 6.04 Å². The van der Waals surface area contributed by atoms with Crippen molar-refractivity contribution in [3.8, 4) is 0 Å². The normalized spacial score (nSPS) is 13.9. The predicted molar refractivity (Wildman–Crippen MR) is 49.7 cm³/mol. The maximum absolute atomic E-state index is 12.5. The van der Waals surface area contributed by atoms with Crippen molar-refractivity contribution < 1.29 is 27.1 Å². The summed E-state index contributed by atoms with van der Waals surface area (Å²) in [5.74, 6) is -4.63. The van der Waals surface area contributed by atoms with E-state index in [0.717, 1.165) is 0 Å². The van der Waals surface area contributed by atoms with E-state index in [4.69, 9.17) is 0 Å². The highest BCUT2D eigenvalue weighted by Gasteiger charge is 2.40.